The number of nitro benzene ring substituents is 1. The molecule has 0 amide bonds. The van der Waals surface area contributed by atoms with Crippen LogP contribution >= 0.6 is 0 Å². The average Bonchev–Trinajstić information content (AvgIpc) is 2.61. The summed E-state index contributed by atoms with van der Waals surface area (Å²) in [6, 6.07) is 6.09. The molecule has 0 bridgehead atoms. The predicted octanol–water partition coefficient (Wildman–Crippen LogP) is 1.80. The Bertz CT molecular complexity index is 567. The van der Waals surface area contributed by atoms with Crippen molar-refractivity contribution in [2.75, 3.05) is 0 Å². The molecule has 0 saturated carbocycles. The maximum absolute atomic E-state index is 10.5. The molecule has 6 heteroatoms. The second-order valence-electron chi connectivity index (χ2n) is 2.90. The van der Waals surface area contributed by atoms with Gasteiger partial charge in [0.1, 0.15) is 5.69 Å². The first-order chi connectivity index (χ1) is 7.22. The molecule has 6 nitrogen and oxygen atoms in total. The van der Waals surface area contributed by atoms with Gasteiger partial charge in [0.15, 0.2) is 5.58 Å². The molecule has 1 aromatic carbocycles. The zero-order valence-electron chi connectivity index (χ0n) is 7.51. The number of nitrogens with zero attached hydrogens (tertiary/aromatic N) is 3. The van der Waals surface area contributed by atoms with Gasteiger partial charge in [-0.3, -0.25) is 10.1 Å². The van der Waals surface area contributed by atoms with Gasteiger partial charge in [0.25, 0.3) is 5.69 Å². The number of hydrogen-bond acceptors (Lipinski definition) is 5. The fourth-order valence-corrected chi connectivity index (χ4v) is 1.29. The van der Waals surface area contributed by atoms with Crippen molar-refractivity contribution in [1.82, 2.24) is 5.16 Å². The van der Waals surface area contributed by atoms with Gasteiger partial charge in [0.05, 0.1) is 22.8 Å². The van der Waals surface area contributed by atoms with Crippen molar-refractivity contribution in [3.8, 4) is 6.07 Å². The van der Waals surface area contributed by atoms with Crippen LogP contribution in [0.4, 0.5) is 5.69 Å². The van der Waals surface area contributed by atoms with E-state index in [1.807, 2.05) is 6.07 Å². The van der Waals surface area contributed by atoms with Crippen LogP contribution in [-0.4, -0.2) is 10.1 Å². The van der Waals surface area contributed by atoms with Gasteiger partial charge < -0.3 is 4.52 Å². The van der Waals surface area contributed by atoms with E-state index in [4.69, 9.17) is 9.78 Å². The van der Waals surface area contributed by atoms with Crippen LogP contribution in [0, 0.1) is 21.4 Å². The number of nitriles is 1. The molecule has 0 fully saturated rings. The second-order valence-corrected chi connectivity index (χ2v) is 2.90. The molecular weight excluding hydrogens is 198 g/mol. The lowest BCUT2D eigenvalue weighted by atomic mass is 10.1. The Labute approximate surface area is 83.9 Å². The molecule has 0 atom stereocenters. The van der Waals surface area contributed by atoms with Gasteiger partial charge in [-0.05, 0) is 6.07 Å². The van der Waals surface area contributed by atoms with Crippen molar-refractivity contribution in [2.24, 2.45) is 0 Å². The third-order valence-corrected chi connectivity index (χ3v) is 1.99. The van der Waals surface area contributed by atoms with Gasteiger partial charge in [-0.15, -0.1) is 0 Å². The largest absolute Gasteiger partial charge is 0.356 e. The molecular formula is C9H5N3O3. The summed E-state index contributed by atoms with van der Waals surface area (Å²) in [5, 5.41) is 23.2. The van der Waals surface area contributed by atoms with Crippen molar-refractivity contribution in [2.45, 2.75) is 6.42 Å². The highest BCUT2D eigenvalue weighted by atomic mass is 16.6. The average molecular weight is 203 g/mol. The Morgan fingerprint density at radius 3 is 3.07 bits per heavy atom. The molecule has 1 aromatic heterocycles. The minimum absolute atomic E-state index is 0.0371. The van der Waals surface area contributed by atoms with E-state index in [2.05, 4.69) is 5.16 Å². The smallest absolute Gasteiger partial charge is 0.270 e. The van der Waals surface area contributed by atoms with Crippen LogP contribution in [0.5, 0.6) is 0 Å². The summed E-state index contributed by atoms with van der Waals surface area (Å²) in [5.41, 5.74) is 0.840. The number of non-ortho nitro benzene ring substituents is 1. The van der Waals surface area contributed by atoms with Crippen molar-refractivity contribution < 1.29 is 9.45 Å². The normalized spacial score (nSPS) is 10.1. The topological polar surface area (TPSA) is 93.0 Å². The summed E-state index contributed by atoms with van der Waals surface area (Å²) in [6.07, 6.45) is 0.0775. The summed E-state index contributed by atoms with van der Waals surface area (Å²) < 4.78 is 4.91. The molecule has 15 heavy (non-hydrogen) atoms. The van der Waals surface area contributed by atoms with Crippen molar-refractivity contribution in [3.63, 3.8) is 0 Å². The van der Waals surface area contributed by atoms with Gasteiger partial charge in [-0.25, -0.2) is 0 Å². The highest BCUT2D eigenvalue weighted by molar-refractivity contribution is 5.82. The predicted molar refractivity (Wildman–Crippen MR) is 50.0 cm³/mol. The van der Waals surface area contributed by atoms with Crippen LogP contribution < -0.4 is 0 Å². The van der Waals surface area contributed by atoms with Gasteiger partial charge in [0.2, 0.25) is 0 Å². The van der Waals surface area contributed by atoms with Crippen LogP contribution in [0.2, 0.25) is 0 Å². The summed E-state index contributed by atoms with van der Waals surface area (Å²) in [7, 11) is 0. The van der Waals surface area contributed by atoms with Gasteiger partial charge >= 0.3 is 0 Å². The Morgan fingerprint density at radius 1 is 1.60 bits per heavy atom. The number of hydrogen-bond donors (Lipinski definition) is 0. The minimum Gasteiger partial charge on any atom is -0.356 e. The van der Waals surface area contributed by atoms with Crippen LogP contribution in [-0.2, 0) is 6.42 Å². The number of rotatable bonds is 2. The molecule has 0 spiro atoms. The molecule has 74 valence electrons. The molecule has 0 aliphatic heterocycles. The quantitative estimate of drug-likeness (QED) is 0.548. The lowest BCUT2D eigenvalue weighted by Crippen LogP contribution is -1.87. The van der Waals surface area contributed by atoms with Crippen molar-refractivity contribution in [1.29, 1.82) is 5.26 Å². The third-order valence-electron chi connectivity index (χ3n) is 1.99. The summed E-state index contributed by atoms with van der Waals surface area (Å²) in [6.45, 7) is 0. The first-order valence-electron chi connectivity index (χ1n) is 4.12. The summed E-state index contributed by atoms with van der Waals surface area (Å²) in [5.74, 6) is 0. The standard InChI is InChI=1S/C9H5N3O3/c10-4-3-8-7-5-6(12(13)14)1-2-9(7)15-11-8/h1-2,5H,3H2. The van der Waals surface area contributed by atoms with E-state index < -0.39 is 4.92 Å². The maximum Gasteiger partial charge on any atom is 0.270 e. The number of aromatic nitrogens is 1. The highest BCUT2D eigenvalue weighted by Gasteiger charge is 2.12. The number of fused-ring (bicyclic) bond motifs is 1. The van der Waals surface area contributed by atoms with E-state index >= 15 is 0 Å². The van der Waals surface area contributed by atoms with E-state index in [0.717, 1.165) is 0 Å². The molecule has 0 saturated heterocycles. The van der Waals surface area contributed by atoms with Gasteiger partial charge in [-0.1, -0.05) is 5.16 Å². The van der Waals surface area contributed by atoms with Crippen molar-refractivity contribution >= 4 is 16.7 Å². The second kappa shape index (κ2) is 3.38. The van der Waals surface area contributed by atoms with E-state index in [0.29, 0.717) is 16.7 Å². The van der Waals surface area contributed by atoms with Crippen molar-refractivity contribution in [3.05, 3.63) is 34.0 Å². The van der Waals surface area contributed by atoms with Crippen LogP contribution in [0.15, 0.2) is 22.7 Å². The molecule has 0 aliphatic rings. The summed E-state index contributed by atoms with van der Waals surface area (Å²) in [4.78, 5) is 10.0. The first-order valence-corrected chi connectivity index (χ1v) is 4.12. The lowest BCUT2D eigenvalue weighted by Gasteiger charge is -1.90. The maximum atomic E-state index is 10.5. The summed E-state index contributed by atoms with van der Waals surface area (Å²) >= 11 is 0. The fraction of sp³-hybridized carbons (Fsp3) is 0.111. The molecule has 1 heterocycles. The Kier molecular flexibility index (Phi) is 2.06. The lowest BCUT2D eigenvalue weighted by molar-refractivity contribution is -0.384. The Hall–Kier alpha value is -2.42. The molecule has 0 radical (unpaired) electrons. The van der Waals surface area contributed by atoms with Gasteiger partial charge in [0, 0.05) is 12.1 Å². The Morgan fingerprint density at radius 2 is 2.40 bits per heavy atom. The molecule has 2 aromatic rings. The minimum atomic E-state index is -0.497. The highest BCUT2D eigenvalue weighted by Crippen LogP contribution is 2.23. The first kappa shape index (κ1) is 9.15. The van der Waals surface area contributed by atoms with Crippen LogP contribution in [0.25, 0.3) is 11.0 Å². The zero-order valence-corrected chi connectivity index (χ0v) is 7.51. The third kappa shape index (κ3) is 1.50. The van der Waals surface area contributed by atoms with Gasteiger partial charge in [-0.2, -0.15) is 5.26 Å². The monoisotopic (exact) mass is 203 g/mol. The van der Waals surface area contributed by atoms with E-state index in [1.54, 1.807) is 0 Å². The molecule has 0 N–H and O–H groups in total. The number of benzene rings is 1. The van der Waals surface area contributed by atoms with E-state index in [9.17, 15) is 10.1 Å². The van der Waals surface area contributed by atoms with E-state index in [-0.39, 0.29) is 12.1 Å². The molecule has 2 rings (SSSR count). The molecule has 0 unspecified atom stereocenters. The zero-order chi connectivity index (χ0) is 10.8. The SMILES string of the molecule is N#CCc1noc2ccc([N+](=O)[O-])cc12. The van der Waals surface area contributed by atoms with Crippen LogP contribution in [0.1, 0.15) is 5.69 Å². The Balaban J connectivity index is 2.62. The number of nitro groups is 1. The molecule has 0 aliphatic carbocycles. The van der Waals surface area contributed by atoms with E-state index in [1.165, 1.54) is 18.2 Å². The van der Waals surface area contributed by atoms with Crippen LogP contribution in [0.3, 0.4) is 0 Å². The fourth-order valence-electron chi connectivity index (χ4n) is 1.29.